The summed E-state index contributed by atoms with van der Waals surface area (Å²) in [7, 11) is 1.63. The van der Waals surface area contributed by atoms with Crippen LogP contribution in [-0.2, 0) is 11.3 Å². The van der Waals surface area contributed by atoms with Gasteiger partial charge in [0.2, 0.25) is 5.91 Å². The van der Waals surface area contributed by atoms with Crippen molar-refractivity contribution in [3.8, 4) is 17.1 Å². The molecule has 0 aliphatic carbocycles. The second-order valence-corrected chi connectivity index (χ2v) is 7.31. The van der Waals surface area contributed by atoms with Crippen molar-refractivity contribution in [1.82, 2.24) is 20.1 Å². The minimum absolute atomic E-state index is 0.00137. The highest BCUT2D eigenvalue weighted by Crippen LogP contribution is 2.21. The Bertz CT molecular complexity index is 1010. The smallest absolute Gasteiger partial charge is 0.222 e. The first kappa shape index (κ1) is 20.8. The van der Waals surface area contributed by atoms with Gasteiger partial charge in [0.05, 0.1) is 13.2 Å². The number of aromatic amines is 1. The molecule has 0 aliphatic rings. The number of hydrogen-bond acceptors (Lipinski definition) is 4. The summed E-state index contributed by atoms with van der Waals surface area (Å²) < 4.78 is 7.55. The zero-order valence-corrected chi connectivity index (χ0v) is 17.8. The van der Waals surface area contributed by atoms with Gasteiger partial charge in [-0.15, -0.1) is 0 Å². The molecule has 3 aromatic rings. The Kier molecular flexibility index (Phi) is 6.82. The highest BCUT2D eigenvalue weighted by atomic mass is 32.1. The van der Waals surface area contributed by atoms with Crippen molar-refractivity contribution in [3.63, 3.8) is 0 Å². The van der Waals surface area contributed by atoms with Gasteiger partial charge in [0.15, 0.2) is 10.6 Å². The lowest BCUT2D eigenvalue weighted by atomic mass is 10.0. The lowest BCUT2D eigenvalue weighted by Crippen LogP contribution is -2.29. The molecule has 0 aliphatic heterocycles. The van der Waals surface area contributed by atoms with E-state index in [1.54, 1.807) is 7.11 Å². The lowest BCUT2D eigenvalue weighted by molar-refractivity contribution is -0.122. The summed E-state index contributed by atoms with van der Waals surface area (Å²) in [5.41, 5.74) is 3.23. The molecule has 3 rings (SSSR count). The largest absolute Gasteiger partial charge is 0.497 e. The number of rotatable bonds is 8. The monoisotopic (exact) mass is 410 g/mol. The summed E-state index contributed by atoms with van der Waals surface area (Å²) in [6.07, 6.45) is 1.15. The van der Waals surface area contributed by atoms with E-state index in [0.29, 0.717) is 23.6 Å². The van der Waals surface area contributed by atoms with Crippen molar-refractivity contribution in [1.29, 1.82) is 0 Å². The van der Waals surface area contributed by atoms with Gasteiger partial charge >= 0.3 is 0 Å². The van der Waals surface area contributed by atoms with Crippen molar-refractivity contribution in [3.05, 3.63) is 64.4 Å². The minimum atomic E-state index is -0.0128. The highest BCUT2D eigenvalue weighted by Gasteiger charge is 2.15. The first-order valence-corrected chi connectivity index (χ1v) is 10.1. The summed E-state index contributed by atoms with van der Waals surface area (Å²) in [5.74, 6) is 1.47. The van der Waals surface area contributed by atoms with E-state index in [9.17, 15) is 4.79 Å². The summed E-state index contributed by atoms with van der Waals surface area (Å²) in [5, 5.41) is 10.3. The Morgan fingerprint density at radius 3 is 2.52 bits per heavy atom. The van der Waals surface area contributed by atoms with E-state index >= 15 is 0 Å². The predicted molar refractivity (Wildman–Crippen MR) is 116 cm³/mol. The minimum Gasteiger partial charge on any atom is -0.497 e. The molecular formula is C22H26N4O2S. The lowest BCUT2D eigenvalue weighted by Gasteiger charge is -2.18. The number of methoxy groups -OCH3 is 1. The number of aryl methyl sites for hydroxylation is 1. The number of H-pyrrole nitrogens is 1. The maximum Gasteiger partial charge on any atom is 0.222 e. The van der Waals surface area contributed by atoms with Crippen LogP contribution >= 0.6 is 12.2 Å². The van der Waals surface area contributed by atoms with E-state index in [2.05, 4.69) is 53.6 Å². The summed E-state index contributed by atoms with van der Waals surface area (Å²) in [4.78, 5) is 12.6. The molecule has 7 heteroatoms. The highest BCUT2D eigenvalue weighted by molar-refractivity contribution is 7.71. The third kappa shape index (κ3) is 5.12. The van der Waals surface area contributed by atoms with E-state index in [4.69, 9.17) is 17.0 Å². The van der Waals surface area contributed by atoms with E-state index in [-0.39, 0.29) is 11.9 Å². The van der Waals surface area contributed by atoms with Gasteiger partial charge < -0.3 is 10.1 Å². The number of benzene rings is 2. The van der Waals surface area contributed by atoms with E-state index in [1.165, 1.54) is 5.56 Å². The maximum atomic E-state index is 12.6. The summed E-state index contributed by atoms with van der Waals surface area (Å²) in [6.45, 7) is 4.57. The summed E-state index contributed by atoms with van der Waals surface area (Å²) in [6, 6.07) is 15.9. The fourth-order valence-corrected chi connectivity index (χ4v) is 3.41. The van der Waals surface area contributed by atoms with Crippen molar-refractivity contribution in [2.45, 2.75) is 39.3 Å². The molecule has 2 aromatic carbocycles. The van der Waals surface area contributed by atoms with Gasteiger partial charge in [-0.1, -0.05) is 36.8 Å². The molecule has 0 radical (unpaired) electrons. The van der Waals surface area contributed by atoms with Gasteiger partial charge in [-0.3, -0.25) is 14.5 Å². The van der Waals surface area contributed by atoms with Crippen LogP contribution in [0, 0.1) is 11.7 Å². The molecule has 0 saturated heterocycles. The standard InChI is InChI=1S/C22H26N4O2S/c1-4-19(16-7-5-15(2)6-8-16)23-20(27)13-14-26-21(24-25-22(26)29)17-9-11-18(28-3)12-10-17/h5-12,19H,4,13-14H2,1-3H3,(H,23,27)(H,25,29)/t19-/m0/s1. The van der Waals surface area contributed by atoms with Crippen LogP contribution in [0.1, 0.15) is 36.9 Å². The van der Waals surface area contributed by atoms with Gasteiger partial charge in [0, 0.05) is 18.5 Å². The molecule has 0 unspecified atom stereocenters. The molecule has 0 saturated carbocycles. The van der Waals surface area contributed by atoms with Gasteiger partial charge in [-0.25, -0.2) is 0 Å². The number of amides is 1. The molecule has 1 atom stereocenters. The zero-order chi connectivity index (χ0) is 20.8. The van der Waals surface area contributed by atoms with Crippen LogP contribution in [0.25, 0.3) is 11.4 Å². The van der Waals surface area contributed by atoms with Gasteiger partial charge in [0.25, 0.3) is 0 Å². The van der Waals surface area contributed by atoms with Crippen LogP contribution in [0.4, 0.5) is 0 Å². The number of carbonyl (C=O) groups is 1. The van der Waals surface area contributed by atoms with Crippen LogP contribution in [0.15, 0.2) is 48.5 Å². The normalized spacial score (nSPS) is 11.8. The second kappa shape index (κ2) is 9.52. The van der Waals surface area contributed by atoms with Crippen molar-refractivity contribution >= 4 is 18.1 Å². The quantitative estimate of drug-likeness (QED) is 0.533. The number of hydrogen-bond donors (Lipinski definition) is 2. The first-order chi connectivity index (χ1) is 14.0. The molecule has 0 fully saturated rings. The molecule has 0 spiro atoms. The van der Waals surface area contributed by atoms with Crippen LogP contribution < -0.4 is 10.1 Å². The molecule has 2 N–H and O–H groups in total. The topological polar surface area (TPSA) is 71.9 Å². The van der Waals surface area contributed by atoms with Crippen molar-refractivity contribution in [2.75, 3.05) is 7.11 Å². The van der Waals surface area contributed by atoms with Crippen LogP contribution in [0.5, 0.6) is 5.75 Å². The van der Waals surface area contributed by atoms with Gasteiger partial charge in [0.1, 0.15) is 5.75 Å². The average molecular weight is 411 g/mol. The zero-order valence-electron chi connectivity index (χ0n) is 16.9. The number of nitrogens with zero attached hydrogens (tertiary/aromatic N) is 2. The molecule has 1 aromatic heterocycles. The third-order valence-electron chi connectivity index (χ3n) is 4.89. The second-order valence-electron chi connectivity index (χ2n) is 6.92. The predicted octanol–water partition coefficient (Wildman–Crippen LogP) is 4.58. The molecule has 0 bridgehead atoms. The molecule has 152 valence electrons. The number of ether oxygens (including phenoxy) is 1. The van der Waals surface area contributed by atoms with Crippen molar-refractivity contribution in [2.24, 2.45) is 0 Å². The Morgan fingerprint density at radius 1 is 1.21 bits per heavy atom. The fraction of sp³-hybridized carbons (Fsp3) is 0.318. The Labute approximate surface area is 175 Å². The van der Waals surface area contributed by atoms with Crippen LogP contribution in [0.2, 0.25) is 0 Å². The van der Waals surface area contributed by atoms with Crippen LogP contribution in [0.3, 0.4) is 0 Å². The molecule has 1 heterocycles. The van der Waals surface area contributed by atoms with Gasteiger partial charge in [-0.05, 0) is 55.4 Å². The number of carbonyl (C=O) groups excluding carboxylic acids is 1. The van der Waals surface area contributed by atoms with Gasteiger partial charge in [-0.2, -0.15) is 5.10 Å². The fourth-order valence-electron chi connectivity index (χ4n) is 3.19. The SMILES string of the molecule is CC[C@H](NC(=O)CCn1c(-c2ccc(OC)cc2)n[nH]c1=S)c1ccc(C)cc1. The van der Waals surface area contributed by atoms with E-state index in [1.807, 2.05) is 28.8 Å². The maximum absolute atomic E-state index is 12.6. The van der Waals surface area contributed by atoms with E-state index in [0.717, 1.165) is 23.3 Å². The molecule has 29 heavy (non-hydrogen) atoms. The Hall–Kier alpha value is -2.93. The first-order valence-electron chi connectivity index (χ1n) is 9.67. The van der Waals surface area contributed by atoms with E-state index < -0.39 is 0 Å². The molecule has 6 nitrogen and oxygen atoms in total. The van der Waals surface area contributed by atoms with Crippen LogP contribution in [-0.4, -0.2) is 27.8 Å². The third-order valence-corrected chi connectivity index (χ3v) is 5.20. The molecule has 1 amide bonds. The number of nitrogens with one attached hydrogen (secondary N) is 2. The Morgan fingerprint density at radius 2 is 1.90 bits per heavy atom. The molecular weight excluding hydrogens is 384 g/mol. The Balaban J connectivity index is 1.67. The average Bonchev–Trinajstić information content (AvgIpc) is 3.11. The van der Waals surface area contributed by atoms with Crippen molar-refractivity contribution < 1.29 is 9.53 Å². The number of aromatic nitrogens is 3. The summed E-state index contributed by atoms with van der Waals surface area (Å²) >= 11 is 5.36.